The van der Waals surface area contributed by atoms with Crippen LogP contribution in [0, 0.1) is 0 Å². The van der Waals surface area contributed by atoms with Crippen molar-refractivity contribution in [2.24, 2.45) is 0 Å². The van der Waals surface area contributed by atoms with E-state index in [1.165, 1.54) is 10.9 Å². The van der Waals surface area contributed by atoms with E-state index in [1.807, 2.05) is 37.4 Å². The first-order valence-corrected chi connectivity index (χ1v) is 6.02. The highest BCUT2D eigenvalue weighted by Gasteiger charge is 2.22. The predicted molar refractivity (Wildman–Crippen MR) is 70.7 cm³/mol. The quantitative estimate of drug-likeness (QED) is 0.697. The van der Waals surface area contributed by atoms with Crippen LogP contribution in [0.1, 0.15) is 12.0 Å². The van der Waals surface area contributed by atoms with Gasteiger partial charge < -0.3 is 4.90 Å². The summed E-state index contributed by atoms with van der Waals surface area (Å²) in [4.78, 5) is 13.4. The largest absolute Gasteiger partial charge is 0.315 e. The van der Waals surface area contributed by atoms with E-state index < -0.39 is 0 Å². The summed E-state index contributed by atoms with van der Waals surface area (Å²) in [7, 11) is 1.84. The zero-order valence-electron chi connectivity index (χ0n) is 9.53. The molecule has 0 saturated heterocycles. The number of hydrogen-bond donors (Lipinski definition) is 0. The minimum atomic E-state index is 0.186. The minimum absolute atomic E-state index is 0.186. The Morgan fingerprint density at radius 2 is 2.00 bits per heavy atom. The molecule has 2 nitrogen and oxygen atoms in total. The first-order valence-electron chi connectivity index (χ1n) is 5.64. The lowest BCUT2D eigenvalue weighted by Gasteiger charge is -2.26. The second-order valence-electron chi connectivity index (χ2n) is 4.38. The van der Waals surface area contributed by atoms with Gasteiger partial charge in [-0.3, -0.25) is 4.79 Å². The van der Waals surface area contributed by atoms with Gasteiger partial charge in [0.05, 0.1) is 0 Å². The van der Waals surface area contributed by atoms with E-state index in [-0.39, 0.29) is 5.91 Å². The SMILES string of the molecule is CN1C(=O)CCc2c1ccc1cc(Cl)ccc21. The van der Waals surface area contributed by atoms with Gasteiger partial charge in [-0.15, -0.1) is 0 Å². The van der Waals surface area contributed by atoms with Crippen LogP contribution in [0.5, 0.6) is 0 Å². The van der Waals surface area contributed by atoms with Gasteiger partial charge in [-0.2, -0.15) is 0 Å². The Labute approximate surface area is 105 Å². The fourth-order valence-corrected chi connectivity index (χ4v) is 2.65. The molecule has 0 saturated carbocycles. The van der Waals surface area contributed by atoms with Crippen molar-refractivity contribution in [3.8, 4) is 0 Å². The maximum Gasteiger partial charge on any atom is 0.227 e. The van der Waals surface area contributed by atoms with E-state index in [0.29, 0.717) is 6.42 Å². The molecule has 0 spiro atoms. The maximum absolute atomic E-state index is 11.7. The van der Waals surface area contributed by atoms with Crippen molar-refractivity contribution in [2.45, 2.75) is 12.8 Å². The molecule has 0 N–H and O–H groups in total. The number of fused-ring (bicyclic) bond motifs is 3. The highest BCUT2D eigenvalue weighted by Crippen LogP contribution is 2.34. The van der Waals surface area contributed by atoms with Gasteiger partial charge in [0, 0.05) is 24.2 Å². The molecule has 1 heterocycles. The minimum Gasteiger partial charge on any atom is -0.315 e. The first-order chi connectivity index (χ1) is 8.16. The van der Waals surface area contributed by atoms with Crippen molar-refractivity contribution in [1.29, 1.82) is 0 Å². The smallest absolute Gasteiger partial charge is 0.227 e. The second kappa shape index (κ2) is 3.74. The average Bonchev–Trinajstić information content (AvgIpc) is 2.33. The van der Waals surface area contributed by atoms with E-state index >= 15 is 0 Å². The standard InChI is InChI=1S/C14H12ClNO/c1-16-13-6-2-9-8-10(15)3-4-11(9)12(13)5-7-14(16)17/h2-4,6,8H,5,7H2,1H3. The van der Waals surface area contributed by atoms with Crippen LogP contribution in [-0.2, 0) is 11.2 Å². The molecule has 1 aliphatic rings. The van der Waals surface area contributed by atoms with Crippen molar-refractivity contribution in [1.82, 2.24) is 0 Å². The molecular formula is C14H12ClNO. The highest BCUT2D eigenvalue weighted by molar-refractivity contribution is 6.31. The molecule has 3 rings (SSSR count). The van der Waals surface area contributed by atoms with Crippen molar-refractivity contribution in [3.05, 3.63) is 40.9 Å². The zero-order valence-corrected chi connectivity index (χ0v) is 10.3. The van der Waals surface area contributed by atoms with E-state index in [1.54, 1.807) is 4.90 Å². The summed E-state index contributed by atoms with van der Waals surface area (Å²) in [6.45, 7) is 0. The van der Waals surface area contributed by atoms with Crippen LogP contribution in [-0.4, -0.2) is 13.0 Å². The number of aryl methyl sites for hydroxylation is 1. The van der Waals surface area contributed by atoms with Crippen LogP contribution in [0.15, 0.2) is 30.3 Å². The Balaban J connectivity index is 2.30. The van der Waals surface area contributed by atoms with E-state index in [9.17, 15) is 4.79 Å². The molecular weight excluding hydrogens is 234 g/mol. The van der Waals surface area contributed by atoms with Crippen molar-refractivity contribution in [2.75, 3.05) is 11.9 Å². The molecule has 2 aromatic rings. The first kappa shape index (κ1) is 10.6. The Bertz CT molecular complexity index is 621. The number of halogens is 1. The Morgan fingerprint density at radius 3 is 2.82 bits per heavy atom. The molecule has 1 aliphatic heterocycles. The summed E-state index contributed by atoms with van der Waals surface area (Å²) >= 11 is 5.99. The van der Waals surface area contributed by atoms with Gasteiger partial charge in [-0.1, -0.05) is 23.7 Å². The summed E-state index contributed by atoms with van der Waals surface area (Å²) in [5.41, 5.74) is 2.28. The number of nitrogens with zero attached hydrogens (tertiary/aromatic N) is 1. The third-order valence-corrected chi connectivity index (χ3v) is 3.63. The summed E-state index contributed by atoms with van der Waals surface area (Å²) < 4.78 is 0. The fourth-order valence-electron chi connectivity index (χ4n) is 2.46. The normalized spacial score (nSPS) is 15.2. The number of amides is 1. The van der Waals surface area contributed by atoms with Gasteiger partial charge in [0.15, 0.2) is 0 Å². The van der Waals surface area contributed by atoms with E-state index in [2.05, 4.69) is 0 Å². The van der Waals surface area contributed by atoms with Gasteiger partial charge in [-0.25, -0.2) is 0 Å². The van der Waals surface area contributed by atoms with Crippen LogP contribution in [0.2, 0.25) is 5.02 Å². The predicted octanol–water partition coefficient (Wildman–Crippen LogP) is 3.40. The number of carbonyl (C=O) groups excluding carboxylic acids is 1. The molecule has 0 fully saturated rings. The fraction of sp³-hybridized carbons (Fsp3) is 0.214. The molecule has 3 heteroatoms. The number of anilines is 1. The highest BCUT2D eigenvalue weighted by atomic mass is 35.5. The van der Waals surface area contributed by atoms with E-state index in [0.717, 1.165) is 22.5 Å². The van der Waals surface area contributed by atoms with Gasteiger partial charge in [0.25, 0.3) is 0 Å². The van der Waals surface area contributed by atoms with E-state index in [4.69, 9.17) is 11.6 Å². The lowest BCUT2D eigenvalue weighted by atomic mass is 9.95. The zero-order chi connectivity index (χ0) is 12.0. The molecule has 17 heavy (non-hydrogen) atoms. The molecule has 0 aliphatic carbocycles. The molecule has 0 unspecified atom stereocenters. The van der Waals surface area contributed by atoms with Gasteiger partial charge >= 0.3 is 0 Å². The molecule has 0 radical (unpaired) electrons. The van der Waals surface area contributed by atoms with Crippen LogP contribution in [0.25, 0.3) is 10.8 Å². The molecule has 0 bridgehead atoms. The average molecular weight is 246 g/mol. The third kappa shape index (κ3) is 1.60. The number of hydrogen-bond acceptors (Lipinski definition) is 1. The Hall–Kier alpha value is -1.54. The van der Waals surface area contributed by atoms with Gasteiger partial charge in [-0.05, 0) is 41.0 Å². The molecule has 1 amide bonds. The van der Waals surface area contributed by atoms with Crippen LogP contribution in [0.4, 0.5) is 5.69 Å². The van der Waals surface area contributed by atoms with Crippen molar-refractivity contribution in [3.63, 3.8) is 0 Å². The summed E-state index contributed by atoms with van der Waals surface area (Å²) in [5, 5.41) is 3.09. The third-order valence-electron chi connectivity index (χ3n) is 3.39. The molecule has 86 valence electrons. The Kier molecular flexibility index (Phi) is 2.33. The molecule has 0 atom stereocenters. The number of benzene rings is 2. The lowest BCUT2D eigenvalue weighted by molar-refractivity contribution is -0.118. The summed E-state index contributed by atoms with van der Waals surface area (Å²) in [6, 6.07) is 9.94. The van der Waals surface area contributed by atoms with Crippen LogP contribution < -0.4 is 4.90 Å². The van der Waals surface area contributed by atoms with Crippen LogP contribution >= 0.6 is 11.6 Å². The summed E-state index contributed by atoms with van der Waals surface area (Å²) in [6.07, 6.45) is 1.41. The lowest BCUT2D eigenvalue weighted by Crippen LogP contribution is -2.31. The monoisotopic (exact) mass is 245 g/mol. The maximum atomic E-state index is 11.7. The Morgan fingerprint density at radius 1 is 1.18 bits per heavy atom. The number of rotatable bonds is 0. The van der Waals surface area contributed by atoms with Crippen molar-refractivity contribution < 1.29 is 4.79 Å². The number of carbonyl (C=O) groups is 1. The van der Waals surface area contributed by atoms with Crippen molar-refractivity contribution >= 4 is 34.0 Å². The van der Waals surface area contributed by atoms with Gasteiger partial charge in [0.1, 0.15) is 0 Å². The molecule has 2 aromatic carbocycles. The van der Waals surface area contributed by atoms with Crippen LogP contribution in [0.3, 0.4) is 0 Å². The molecule has 0 aromatic heterocycles. The second-order valence-corrected chi connectivity index (χ2v) is 4.82. The topological polar surface area (TPSA) is 20.3 Å². The van der Waals surface area contributed by atoms with Gasteiger partial charge in [0.2, 0.25) is 5.91 Å². The summed E-state index contributed by atoms with van der Waals surface area (Å²) in [5.74, 6) is 0.186.